The molecule has 10 nitrogen and oxygen atoms in total. The van der Waals surface area contributed by atoms with Crippen molar-refractivity contribution in [2.45, 2.75) is 18.9 Å². The minimum Gasteiger partial charge on any atom is -0.456 e. The molecule has 14 heteroatoms. The third-order valence-electron chi connectivity index (χ3n) is 9.31. The number of benzene rings is 3. The van der Waals surface area contributed by atoms with Crippen LogP contribution in [0.3, 0.4) is 0 Å². The van der Waals surface area contributed by atoms with E-state index >= 15 is 4.39 Å². The van der Waals surface area contributed by atoms with Crippen LogP contribution in [0.1, 0.15) is 17.6 Å². The smallest absolute Gasteiger partial charge is 0.232 e. The van der Waals surface area contributed by atoms with Crippen LogP contribution in [0.5, 0.6) is 0 Å². The molecule has 1 unspecified atom stereocenters. The molecule has 1 fully saturated rings. The van der Waals surface area contributed by atoms with E-state index in [1.54, 1.807) is 49.5 Å². The number of hydrogen-bond acceptors (Lipinski definition) is 8. The minimum atomic E-state index is -3.78. The van der Waals surface area contributed by atoms with Gasteiger partial charge in [-0.1, -0.05) is 6.07 Å². The number of furan rings is 1. The molecular weight excluding hydrogens is 669 g/mol. The third kappa shape index (κ3) is 5.26. The molecule has 1 saturated heterocycles. The molecule has 2 N–H and O–H groups in total. The van der Waals surface area contributed by atoms with Gasteiger partial charge in [-0.05, 0) is 67.7 Å². The molecule has 0 radical (unpaired) electrons. The van der Waals surface area contributed by atoms with Gasteiger partial charge in [0.05, 0.1) is 40.7 Å². The molecule has 7 aromatic rings. The number of pyridine rings is 1. The zero-order valence-corrected chi connectivity index (χ0v) is 28.0. The summed E-state index contributed by atoms with van der Waals surface area (Å²) >= 11 is 0. The van der Waals surface area contributed by atoms with Crippen molar-refractivity contribution in [3.63, 3.8) is 0 Å². The Labute approximate surface area is 284 Å². The molecule has 1 aliphatic heterocycles. The number of nitrogens with zero attached hydrogens (tertiary/aromatic N) is 5. The number of alkyl halides is 1. The number of aliphatic hydroxyl groups is 1. The summed E-state index contributed by atoms with van der Waals surface area (Å²) in [5.41, 5.74) is 4.32. The fraction of sp³-hybridized carbons (Fsp3) is 0.222. The van der Waals surface area contributed by atoms with Gasteiger partial charge < -0.3 is 9.52 Å². The van der Waals surface area contributed by atoms with E-state index in [0.29, 0.717) is 67.6 Å². The zero-order valence-electron chi connectivity index (χ0n) is 27.2. The Hall–Kier alpha value is -5.02. The van der Waals surface area contributed by atoms with Gasteiger partial charge in [-0.3, -0.25) is 18.9 Å². The molecule has 0 amide bonds. The average Bonchev–Trinajstić information content (AvgIpc) is 3.66. The molecule has 3 aromatic carbocycles. The van der Waals surface area contributed by atoms with Gasteiger partial charge in [0, 0.05) is 53.7 Å². The van der Waals surface area contributed by atoms with Crippen LogP contribution in [0, 0.1) is 11.6 Å². The largest absolute Gasteiger partial charge is 0.456 e. The summed E-state index contributed by atoms with van der Waals surface area (Å²) in [5.74, 6) is 0.0285. The molecule has 5 heterocycles. The van der Waals surface area contributed by atoms with Gasteiger partial charge in [0.1, 0.15) is 46.7 Å². The van der Waals surface area contributed by atoms with Crippen molar-refractivity contribution < 1.29 is 31.1 Å². The molecule has 0 saturated carbocycles. The molecule has 50 heavy (non-hydrogen) atoms. The van der Waals surface area contributed by atoms with Crippen LogP contribution in [-0.4, -0.2) is 72.4 Å². The molecule has 8 rings (SSSR count). The lowest BCUT2D eigenvalue weighted by molar-refractivity contribution is 0.0567. The van der Waals surface area contributed by atoms with E-state index in [0.717, 1.165) is 10.6 Å². The highest BCUT2D eigenvalue weighted by molar-refractivity contribution is 7.92. The summed E-state index contributed by atoms with van der Waals surface area (Å²) in [4.78, 5) is 11.8. The molecule has 0 aliphatic carbocycles. The Morgan fingerprint density at radius 3 is 2.48 bits per heavy atom. The third-order valence-corrected chi connectivity index (χ3v) is 10.5. The van der Waals surface area contributed by atoms with Crippen molar-refractivity contribution in [2.24, 2.45) is 0 Å². The van der Waals surface area contributed by atoms with E-state index < -0.39 is 34.1 Å². The van der Waals surface area contributed by atoms with Crippen molar-refractivity contribution >= 4 is 54.1 Å². The van der Waals surface area contributed by atoms with E-state index in [1.807, 2.05) is 9.30 Å². The summed E-state index contributed by atoms with van der Waals surface area (Å²) < 4.78 is 77.8. The summed E-state index contributed by atoms with van der Waals surface area (Å²) in [7, 11) is -0.792. The number of aliphatic hydroxyl groups excluding tert-OH is 1. The van der Waals surface area contributed by atoms with Gasteiger partial charge in [0.25, 0.3) is 0 Å². The summed E-state index contributed by atoms with van der Waals surface area (Å²) in [5, 5.41) is 14.8. The standard InChI is InChI=1S/C36H31F3N6O4S/c1-40-36(46)33-24-13-23(29(43(2)50(3,47)48)15-31(24)49-35(33)19-7-9-20(37)10-8-19)26-11-12-27-34(42-26)30-14-22-25(39)5-4-6-28(22)45(30)32(41-27)18-44-16-21(38)17-44/h4-15,21,36,40,46H,16-18H2,1-3H3. The normalized spacial score (nSPS) is 15.0. The number of halogens is 3. The lowest BCUT2D eigenvalue weighted by Crippen LogP contribution is -2.47. The number of fused-ring (bicyclic) bond motifs is 6. The van der Waals surface area contributed by atoms with E-state index in [2.05, 4.69) is 5.32 Å². The second kappa shape index (κ2) is 11.8. The fourth-order valence-corrected chi connectivity index (χ4v) is 7.19. The van der Waals surface area contributed by atoms with Gasteiger partial charge in [-0.2, -0.15) is 0 Å². The SMILES string of the molecule is CNC(O)c1c(-c2ccc(F)cc2)oc2cc(N(C)S(C)(=O)=O)c(-c3ccc4nc(CN5CC(F)C5)n5c6cccc(F)c6cc5c4n3)cc12. The summed E-state index contributed by atoms with van der Waals surface area (Å²) in [6.45, 7) is 0.917. The van der Waals surface area contributed by atoms with Crippen molar-refractivity contribution in [3.8, 4) is 22.6 Å². The Bertz CT molecular complexity index is 2580. The van der Waals surface area contributed by atoms with Crippen LogP contribution in [-0.2, 0) is 16.6 Å². The fourth-order valence-electron chi connectivity index (χ4n) is 6.69. The predicted octanol–water partition coefficient (Wildman–Crippen LogP) is 6.15. The first-order valence-corrected chi connectivity index (χ1v) is 17.7. The van der Waals surface area contributed by atoms with Gasteiger partial charge in [-0.25, -0.2) is 31.6 Å². The number of hydrogen-bond donors (Lipinski definition) is 2. The second-order valence-electron chi connectivity index (χ2n) is 12.6. The van der Waals surface area contributed by atoms with E-state index in [-0.39, 0.29) is 30.1 Å². The molecule has 1 atom stereocenters. The summed E-state index contributed by atoms with van der Waals surface area (Å²) in [6.07, 6.45) is -1.02. The number of aromatic nitrogens is 3. The van der Waals surface area contributed by atoms with Crippen molar-refractivity contribution in [1.29, 1.82) is 0 Å². The number of likely N-dealkylation sites (tertiary alicyclic amines) is 1. The van der Waals surface area contributed by atoms with E-state index in [1.165, 1.54) is 37.4 Å². The van der Waals surface area contributed by atoms with E-state index in [9.17, 15) is 22.3 Å². The zero-order chi connectivity index (χ0) is 35.1. The Balaban J connectivity index is 1.39. The Morgan fingerprint density at radius 1 is 1.02 bits per heavy atom. The van der Waals surface area contributed by atoms with Crippen LogP contribution in [0.25, 0.3) is 61.0 Å². The average molecular weight is 701 g/mol. The van der Waals surface area contributed by atoms with E-state index in [4.69, 9.17) is 14.4 Å². The minimum absolute atomic E-state index is 0.252. The quantitative estimate of drug-likeness (QED) is 0.182. The molecule has 0 bridgehead atoms. The number of rotatable bonds is 8. The number of sulfonamides is 1. The van der Waals surface area contributed by atoms with Crippen molar-refractivity contribution in [1.82, 2.24) is 24.6 Å². The molecule has 256 valence electrons. The number of anilines is 1. The molecular formula is C36H31F3N6O4S. The van der Waals surface area contributed by atoms with Crippen LogP contribution >= 0.6 is 0 Å². The maximum Gasteiger partial charge on any atom is 0.232 e. The highest BCUT2D eigenvalue weighted by Crippen LogP contribution is 2.43. The maximum absolute atomic E-state index is 15.1. The maximum atomic E-state index is 15.1. The lowest BCUT2D eigenvalue weighted by atomic mass is 10.00. The predicted molar refractivity (Wildman–Crippen MR) is 186 cm³/mol. The number of nitrogens with one attached hydrogen (secondary N) is 1. The van der Waals surface area contributed by atoms with Gasteiger partial charge in [0.2, 0.25) is 10.0 Å². The summed E-state index contributed by atoms with van der Waals surface area (Å²) in [6, 6.07) is 18.9. The molecule has 1 aliphatic rings. The van der Waals surface area contributed by atoms with Gasteiger partial charge >= 0.3 is 0 Å². The second-order valence-corrected chi connectivity index (χ2v) is 14.6. The van der Waals surface area contributed by atoms with Crippen LogP contribution < -0.4 is 9.62 Å². The topological polar surface area (TPSA) is 116 Å². The Kier molecular flexibility index (Phi) is 7.60. The first kappa shape index (κ1) is 32.2. The first-order valence-electron chi connectivity index (χ1n) is 15.8. The van der Waals surface area contributed by atoms with Crippen molar-refractivity contribution in [2.75, 3.05) is 37.7 Å². The molecule has 4 aromatic heterocycles. The van der Waals surface area contributed by atoms with Gasteiger partial charge in [0.15, 0.2) is 0 Å². The monoisotopic (exact) mass is 700 g/mol. The van der Waals surface area contributed by atoms with Crippen LogP contribution in [0.4, 0.5) is 18.9 Å². The highest BCUT2D eigenvalue weighted by atomic mass is 32.2. The lowest BCUT2D eigenvalue weighted by Gasteiger charge is -2.34. The van der Waals surface area contributed by atoms with Crippen LogP contribution in [0.15, 0.2) is 77.2 Å². The Morgan fingerprint density at radius 2 is 1.78 bits per heavy atom. The first-order chi connectivity index (χ1) is 23.9. The molecule has 0 spiro atoms. The highest BCUT2D eigenvalue weighted by Gasteiger charge is 2.29. The van der Waals surface area contributed by atoms with Gasteiger partial charge in [-0.15, -0.1) is 0 Å². The van der Waals surface area contributed by atoms with Crippen molar-refractivity contribution in [3.05, 3.63) is 95.8 Å². The van der Waals surface area contributed by atoms with Crippen LogP contribution in [0.2, 0.25) is 0 Å².